The van der Waals surface area contributed by atoms with E-state index in [-0.39, 0.29) is 49.6 Å². The fourth-order valence-corrected chi connectivity index (χ4v) is 1.80. The van der Waals surface area contributed by atoms with E-state index in [1.54, 1.807) is 0 Å². The molecule has 0 unspecified atom stereocenters. The molecule has 2 heterocycles. The van der Waals surface area contributed by atoms with E-state index in [0.717, 1.165) is 16.2 Å². The Kier molecular flexibility index (Phi) is 7.78. The van der Waals surface area contributed by atoms with Crippen molar-refractivity contribution >= 4 is 29.9 Å². The second kappa shape index (κ2) is 9.59. The van der Waals surface area contributed by atoms with E-state index in [1.165, 1.54) is 19.3 Å². The first kappa shape index (κ1) is 18.7. The third-order valence-electron chi connectivity index (χ3n) is 2.93. The van der Waals surface area contributed by atoms with Crippen LogP contribution in [0.1, 0.15) is 19.3 Å². The van der Waals surface area contributed by atoms with E-state index in [1.807, 2.05) is 0 Å². The molecule has 0 radical (unpaired) electrons. The maximum Gasteiger partial charge on any atom is 0.253 e. The zero-order chi connectivity index (χ0) is 17.2. The van der Waals surface area contributed by atoms with E-state index in [4.69, 9.17) is 4.74 Å². The van der Waals surface area contributed by atoms with Gasteiger partial charge in [-0.3, -0.25) is 28.9 Å². The highest BCUT2D eigenvalue weighted by molar-refractivity contribution is 6.12. The molecule has 9 nitrogen and oxygen atoms in total. The summed E-state index contributed by atoms with van der Waals surface area (Å²) in [5.41, 5.74) is 0. The van der Waals surface area contributed by atoms with Gasteiger partial charge >= 0.3 is 0 Å². The molecule has 0 aromatic rings. The minimum atomic E-state index is -0.311. The molecule has 0 spiro atoms. The molecule has 0 N–H and O–H groups in total. The number of imide groups is 2. The van der Waals surface area contributed by atoms with Gasteiger partial charge < -0.3 is 9.53 Å². The largest absolute Gasteiger partial charge is 0.379 e. The summed E-state index contributed by atoms with van der Waals surface area (Å²) in [6.07, 6.45) is 4.12. The third-order valence-corrected chi connectivity index (χ3v) is 2.93. The molecule has 0 atom stereocenters. The average Bonchev–Trinajstić information content (AvgIpc) is 3.03. The van der Waals surface area contributed by atoms with Gasteiger partial charge in [0.15, 0.2) is 0 Å². The molecule has 9 heteroatoms. The number of aldehydes is 1. The average molecular weight is 326 g/mol. The van der Waals surface area contributed by atoms with Gasteiger partial charge in [-0.2, -0.15) is 5.06 Å². The summed E-state index contributed by atoms with van der Waals surface area (Å²) in [7, 11) is 1.31. The molecule has 0 aromatic carbocycles. The highest BCUT2D eigenvalue weighted by Gasteiger charge is 2.28. The van der Waals surface area contributed by atoms with Crippen molar-refractivity contribution in [1.29, 1.82) is 0 Å². The quantitative estimate of drug-likeness (QED) is 0.342. The maximum atomic E-state index is 11.0. The van der Waals surface area contributed by atoms with Crippen LogP contribution in [0.25, 0.3) is 0 Å². The fraction of sp³-hybridized carbons (Fsp3) is 0.500. The molecule has 1 saturated heterocycles. The second-order valence-corrected chi connectivity index (χ2v) is 4.49. The van der Waals surface area contributed by atoms with Crippen molar-refractivity contribution in [1.82, 2.24) is 9.96 Å². The summed E-state index contributed by atoms with van der Waals surface area (Å²) < 4.78 is 5.03. The standard InChI is InChI=1S/C9H11NO4.C5H7NO3/c11-5-1-6-14-7-4-10-8(12)2-3-9(10)13;1-9-6-4(7)2-3-5(6)8/h2-3,5H,1,4,6-7H2;2-3H2,1H3. The smallest absolute Gasteiger partial charge is 0.253 e. The molecular formula is C14H18N2O7. The maximum absolute atomic E-state index is 11.0. The summed E-state index contributed by atoms with van der Waals surface area (Å²) >= 11 is 0. The normalized spacial score (nSPS) is 16.9. The summed E-state index contributed by atoms with van der Waals surface area (Å²) in [6.45, 7) is 0.837. The van der Waals surface area contributed by atoms with Crippen LogP contribution >= 0.6 is 0 Å². The molecule has 0 aromatic heterocycles. The van der Waals surface area contributed by atoms with Gasteiger partial charge in [0.25, 0.3) is 23.6 Å². The van der Waals surface area contributed by atoms with Gasteiger partial charge in [-0.1, -0.05) is 0 Å². The lowest BCUT2D eigenvalue weighted by Crippen LogP contribution is -2.33. The van der Waals surface area contributed by atoms with Gasteiger partial charge in [-0.05, 0) is 0 Å². The van der Waals surface area contributed by atoms with Crippen LogP contribution in [0.15, 0.2) is 12.2 Å². The first-order valence-electron chi connectivity index (χ1n) is 6.96. The lowest BCUT2D eigenvalue weighted by molar-refractivity contribution is -0.179. The zero-order valence-electron chi connectivity index (χ0n) is 12.7. The lowest BCUT2D eigenvalue weighted by Gasteiger charge is -2.12. The molecule has 2 aliphatic heterocycles. The van der Waals surface area contributed by atoms with Crippen molar-refractivity contribution in [2.24, 2.45) is 0 Å². The minimum absolute atomic E-state index is 0.240. The molecule has 126 valence electrons. The van der Waals surface area contributed by atoms with Crippen molar-refractivity contribution in [2.75, 3.05) is 26.9 Å². The zero-order valence-corrected chi connectivity index (χ0v) is 12.7. The van der Waals surface area contributed by atoms with Crippen molar-refractivity contribution in [3.8, 4) is 0 Å². The summed E-state index contributed by atoms with van der Waals surface area (Å²) in [5, 5.41) is 0.792. The molecule has 1 fully saturated rings. The van der Waals surface area contributed by atoms with Crippen LogP contribution in [0.3, 0.4) is 0 Å². The number of nitrogens with zero attached hydrogens (tertiary/aromatic N) is 2. The Balaban J connectivity index is 0.000000253. The van der Waals surface area contributed by atoms with E-state index in [0.29, 0.717) is 13.0 Å². The van der Waals surface area contributed by atoms with E-state index in [2.05, 4.69) is 4.84 Å². The SMILES string of the molecule is CON1C(=O)CCC1=O.O=CCCOCCN1C(=O)C=CC1=O. The molecule has 23 heavy (non-hydrogen) atoms. The Morgan fingerprint density at radius 3 is 2.04 bits per heavy atom. The Morgan fingerprint density at radius 2 is 1.61 bits per heavy atom. The van der Waals surface area contributed by atoms with Crippen LogP contribution in [0, 0.1) is 0 Å². The van der Waals surface area contributed by atoms with Crippen LogP contribution in [0.2, 0.25) is 0 Å². The first-order valence-corrected chi connectivity index (χ1v) is 6.96. The highest BCUT2D eigenvalue weighted by Crippen LogP contribution is 2.10. The van der Waals surface area contributed by atoms with Crippen LogP contribution in [0.5, 0.6) is 0 Å². The first-order chi connectivity index (χ1) is 11.0. The van der Waals surface area contributed by atoms with Crippen LogP contribution in [-0.2, 0) is 33.5 Å². The predicted octanol–water partition coefficient (Wildman–Crippen LogP) is -0.786. The molecule has 4 amide bonds. The Bertz CT molecular complexity index is 481. The van der Waals surface area contributed by atoms with Gasteiger partial charge in [0.05, 0.1) is 26.9 Å². The molecule has 2 rings (SSSR count). The number of hydrogen-bond acceptors (Lipinski definition) is 7. The number of hydrogen-bond donors (Lipinski definition) is 0. The van der Waals surface area contributed by atoms with Crippen molar-refractivity contribution in [3.63, 3.8) is 0 Å². The summed E-state index contributed by atoms with van der Waals surface area (Å²) in [4.78, 5) is 58.7. The van der Waals surface area contributed by atoms with Crippen molar-refractivity contribution in [3.05, 3.63) is 12.2 Å². The fourth-order valence-electron chi connectivity index (χ4n) is 1.80. The Labute approximate surface area is 132 Å². The second-order valence-electron chi connectivity index (χ2n) is 4.49. The van der Waals surface area contributed by atoms with Crippen molar-refractivity contribution < 1.29 is 33.5 Å². The molecular weight excluding hydrogens is 308 g/mol. The number of ether oxygens (including phenoxy) is 1. The topological polar surface area (TPSA) is 110 Å². The van der Waals surface area contributed by atoms with Crippen LogP contribution in [0.4, 0.5) is 0 Å². The predicted molar refractivity (Wildman–Crippen MR) is 75.5 cm³/mol. The number of amides is 4. The highest BCUT2D eigenvalue weighted by atomic mass is 16.7. The van der Waals surface area contributed by atoms with Gasteiger partial charge in [-0.25, -0.2) is 0 Å². The number of carbonyl (C=O) groups excluding carboxylic acids is 5. The summed E-state index contributed by atoms with van der Waals surface area (Å²) in [5.74, 6) is -1.12. The third kappa shape index (κ3) is 5.72. The Hall–Kier alpha value is -2.39. The number of carbonyl (C=O) groups is 5. The van der Waals surface area contributed by atoms with Gasteiger partial charge in [0, 0.05) is 31.4 Å². The van der Waals surface area contributed by atoms with Crippen LogP contribution in [-0.4, -0.2) is 66.7 Å². The lowest BCUT2D eigenvalue weighted by atomic mass is 10.4. The van der Waals surface area contributed by atoms with E-state index in [9.17, 15) is 24.0 Å². The van der Waals surface area contributed by atoms with Gasteiger partial charge in [0.2, 0.25) is 0 Å². The molecule has 2 aliphatic rings. The Morgan fingerprint density at radius 1 is 1.04 bits per heavy atom. The molecule has 0 aliphatic carbocycles. The monoisotopic (exact) mass is 326 g/mol. The van der Waals surface area contributed by atoms with Gasteiger partial charge in [-0.15, -0.1) is 0 Å². The minimum Gasteiger partial charge on any atom is -0.379 e. The summed E-state index contributed by atoms with van der Waals surface area (Å²) in [6, 6.07) is 0. The van der Waals surface area contributed by atoms with Gasteiger partial charge in [0.1, 0.15) is 6.29 Å². The van der Waals surface area contributed by atoms with E-state index < -0.39 is 0 Å². The van der Waals surface area contributed by atoms with Crippen molar-refractivity contribution in [2.45, 2.75) is 19.3 Å². The van der Waals surface area contributed by atoms with E-state index >= 15 is 0 Å². The number of hydroxylamine groups is 2. The molecule has 0 bridgehead atoms. The van der Waals surface area contributed by atoms with Crippen LogP contribution < -0.4 is 0 Å². The number of rotatable bonds is 7. The molecule has 0 saturated carbocycles.